The van der Waals surface area contributed by atoms with Gasteiger partial charge in [0.2, 0.25) is 5.43 Å². The lowest BCUT2D eigenvalue weighted by atomic mass is 9.89. The quantitative estimate of drug-likeness (QED) is 0.779. The van der Waals surface area contributed by atoms with Crippen LogP contribution in [0.2, 0.25) is 0 Å². The number of nitrogens with zero attached hydrogens (tertiary/aromatic N) is 1. The summed E-state index contributed by atoms with van der Waals surface area (Å²) in [5.41, 5.74) is 3.49. The molecule has 3 aromatic rings. The van der Waals surface area contributed by atoms with E-state index in [2.05, 4.69) is 6.92 Å². The Morgan fingerprint density at radius 1 is 1.19 bits per heavy atom. The molecule has 1 aliphatic heterocycles. The highest BCUT2D eigenvalue weighted by molar-refractivity contribution is 5.96. The third-order valence-electron chi connectivity index (χ3n) is 5.22. The first-order valence-electron chi connectivity index (χ1n) is 8.59. The molecule has 1 atom stereocenters. The molecule has 1 aromatic heterocycles. The molecule has 1 N–H and O–H groups in total. The number of aromatic carboxylic acids is 1. The molecule has 5 heteroatoms. The molecule has 0 radical (unpaired) electrons. The predicted molar refractivity (Wildman–Crippen MR) is 100 cm³/mol. The molecule has 0 spiro atoms. The van der Waals surface area contributed by atoms with E-state index >= 15 is 0 Å². The summed E-state index contributed by atoms with van der Waals surface area (Å²) < 4.78 is 7.18. The van der Waals surface area contributed by atoms with Crippen molar-refractivity contribution in [1.29, 1.82) is 0 Å². The first-order valence-corrected chi connectivity index (χ1v) is 8.59. The largest absolute Gasteiger partial charge is 0.497 e. The predicted octanol–water partition coefficient (Wildman–Crippen LogP) is 3.88. The lowest BCUT2D eigenvalue weighted by Gasteiger charge is -2.28. The van der Waals surface area contributed by atoms with E-state index in [9.17, 15) is 14.7 Å². The molecule has 4 rings (SSSR count). The summed E-state index contributed by atoms with van der Waals surface area (Å²) in [5.74, 6) is -0.390. The molecule has 1 aliphatic rings. The summed E-state index contributed by atoms with van der Waals surface area (Å²) in [6.07, 6.45) is 3.25. The summed E-state index contributed by atoms with van der Waals surface area (Å²) in [6, 6.07) is 11.7. The average molecular weight is 349 g/mol. The van der Waals surface area contributed by atoms with Crippen LogP contribution in [-0.2, 0) is 6.42 Å². The van der Waals surface area contributed by atoms with Gasteiger partial charge in [-0.3, -0.25) is 4.79 Å². The van der Waals surface area contributed by atoms with Gasteiger partial charge in [0.1, 0.15) is 11.3 Å². The molecule has 132 valence electrons. The number of rotatable bonds is 3. The van der Waals surface area contributed by atoms with Crippen molar-refractivity contribution in [3.63, 3.8) is 0 Å². The summed E-state index contributed by atoms with van der Waals surface area (Å²) in [7, 11) is 1.63. The van der Waals surface area contributed by atoms with Crippen molar-refractivity contribution in [3.05, 3.63) is 63.9 Å². The fourth-order valence-electron chi connectivity index (χ4n) is 3.81. The maximum absolute atomic E-state index is 12.6. The fraction of sp³-hybridized carbons (Fsp3) is 0.238. The minimum atomic E-state index is -1.18. The van der Waals surface area contributed by atoms with Crippen LogP contribution in [0.15, 0.2) is 47.4 Å². The Labute approximate surface area is 150 Å². The highest BCUT2D eigenvalue weighted by Crippen LogP contribution is 2.36. The van der Waals surface area contributed by atoms with Crippen LogP contribution in [0.1, 0.15) is 35.3 Å². The first kappa shape index (κ1) is 16.4. The van der Waals surface area contributed by atoms with Gasteiger partial charge in [-0.1, -0.05) is 18.2 Å². The standard InChI is InChI=1S/C21H19NO4/c1-12-3-8-16-15(13-4-6-14(26-2)7-5-13)9-10-17-19(16)22(12)11-18(20(17)23)21(24)25/h4-7,9-12H,3,8H2,1-2H3,(H,24,25). The summed E-state index contributed by atoms with van der Waals surface area (Å²) in [6.45, 7) is 2.05. The average Bonchev–Trinajstić information content (AvgIpc) is 2.65. The van der Waals surface area contributed by atoms with Crippen LogP contribution in [0.3, 0.4) is 0 Å². The van der Waals surface area contributed by atoms with Crippen LogP contribution in [-0.4, -0.2) is 22.8 Å². The molecule has 5 nitrogen and oxygen atoms in total. The highest BCUT2D eigenvalue weighted by atomic mass is 16.5. The van der Waals surface area contributed by atoms with Crippen molar-refractivity contribution in [2.75, 3.05) is 7.11 Å². The van der Waals surface area contributed by atoms with Crippen molar-refractivity contribution >= 4 is 16.9 Å². The van der Waals surface area contributed by atoms with E-state index < -0.39 is 11.4 Å². The normalized spacial score (nSPS) is 15.8. The van der Waals surface area contributed by atoms with E-state index in [0.717, 1.165) is 40.8 Å². The van der Waals surface area contributed by atoms with Gasteiger partial charge in [0.25, 0.3) is 0 Å². The number of hydrogen-bond acceptors (Lipinski definition) is 3. The third-order valence-corrected chi connectivity index (χ3v) is 5.22. The molecular formula is C21H19NO4. The van der Waals surface area contributed by atoms with Gasteiger partial charge >= 0.3 is 5.97 Å². The number of benzene rings is 2. The zero-order chi connectivity index (χ0) is 18.4. The van der Waals surface area contributed by atoms with E-state index in [1.54, 1.807) is 13.2 Å². The highest BCUT2D eigenvalue weighted by Gasteiger charge is 2.24. The van der Waals surface area contributed by atoms with Gasteiger partial charge in [-0.05, 0) is 54.7 Å². The maximum atomic E-state index is 12.6. The number of carbonyl (C=O) groups is 1. The third kappa shape index (κ3) is 2.39. The second-order valence-corrected chi connectivity index (χ2v) is 6.69. The zero-order valence-electron chi connectivity index (χ0n) is 14.7. The molecule has 2 heterocycles. The molecule has 26 heavy (non-hydrogen) atoms. The number of ether oxygens (including phenoxy) is 1. The van der Waals surface area contributed by atoms with Crippen molar-refractivity contribution in [2.45, 2.75) is 25.8 Å². The number of aromatic nitrogens is 1. The fourth-order valence-corrected chi connectivity index (χ4v) is 3.81. The van der Waals surface area contributed by atoms with Crippen molar-refractivity contribution < 1.29 is 14.6 Å². The van der Waals surface area contributed by atoms with Crippen LogP contribution >= 0.6 is 0 Å². The van der Waals surface area contributed by atoms with Gasteiger partial charge in [0, 0.05) is 17.6 Å². The second-order valence-electron chi connectivity index (χ2n) is 6.69. The van der Waals surface area contributed by atoms with Crippen molar-refractivity contribution in [3.8, 4) is 16.9 Å². The molecule has 0 amide bonds. The Bertz CT molecular complexity index is 1080. The van der Waals surface area contributed by atoms with Gasteiger partial charge in [-0.25, -0.2) is 4.79 Å². The number of aryl methyl sites for hydroxylation is 1. The van der Waals surface area contributed by atoms with E-state index in [1.807, 2.05) is 34.9 Å². The second kappa shape index (κ2) is 6.02. The number of carboxylic acid groups (broad SMARTS) is 1. The first-order chi connectivity index (χ1) is 12.5. The van der Waals surface area contributed by atoms with Crippen molar-refractivity contribution in [1.82, 2.24) is 4.57 Å². The molecule has 0 saturated carbocycles. The van der Waals surface area contributed by atoms with E-state index in [-0.39, 0.29) is 11.6 Å². The topological polar surface area (TPSA) is 68.5 Å². The molecule has 0 bridgehead atoms. The van der Waals surface area contributed by atoms with Gasteiger partial charge in [-0.2, -0.15) is 0 Å². The van der Waals surface area contributed by atoms with Crippen LogP contribution in [0, 0.1) is 0 Å². The summed E-state index contributed by atoms with van der Waals surface area (Å²) in [5, 5.41) is 9.85. The lowest BCUT2D eigenvalue weighted by molar-refractivity contribution is 0.0694. The van der Waals surface area contributed by atoms with Crippen molar-refractivity contribution in [2.24, 2.45) is 0 Å². The maximum Gasteiger partial charge on any atom is 0.341 e. The smallest absolute Gasteiger partial charge is 0.341 e. The molecule has 2 aromatic carbocycles. The number of carboxylic acids is 1. The van der Waals surface area contributed by atoms with E-state index in [4.69, 9.17) is 4.74 Å². The van der Waals surface area contributed by atoms with Crippen LogP contribution in [0.4, 0.5) is 0 Å². The number of hydrogen-bond donors (Lipinski definition) is 1. The monoisotopic (exact) mass is 349 g/mol. The minimum absolute atomic E-state index is 0.148. The molecule has 0 fully saturated rings. The number of methoxy groups -OCH3 is 1. The lowest BCUT2D eigenvalue weighted by Crippen LogP contribution is -2.24. The molecule has 1 unspecified atom stereocenters. The summed E-state index contributed by atoms with van der Waals surface area (Å²) in [4.78, 5) is 24.1. The van der Waals surface area contributed by atoms with E-state index in [0.29, 0.717) is 5.39 Å². The van der Waals surface area contributed by atoms with Crippen LogP contribution in [0.25, 0.3) is 22.0 Å². The minimum Gasteiger partial charge on any atom is -0.497 e. The zero-order valence-corrected chi connectivity index (χ0v) is 14.7. The van der Waals surface area contributed by atoms with Gasteiger partial charge < -0.3 is 14.4 Å². The Morgan fingerprint density at radius 3 is 2.58 bits per heavy atom. The number of pyridine rings is 1. The Kier molecular flexibility index (Phi) is 3.80. The van der Waals surface area contributed by atoms with Crippen LogP contribution in [0.5, 0.6) is 5.75 Å². The summed E-state index contributed by atoms with van der Waals surface area (Å²) >= 11 is 0. The molecule has 0 saturated heterocycles. The van der Waals surface area contributed by atoms with E-state index in [1.165, 1.54) is 6.20 Å². The van der Waals surface area contributed by atoms with Gasteiger partial charge in [-0.15, -0.1) is 0 Å². The Balaban J connectivity index is 2.03. The molecule has 0 aliphatic carbocycles. The Hall–Kier alpha value is -3.08. The molecular weight excluding hydrogens is 330 g/mol. The Morgan fingerprint density at radius 2 is 1.92 bits per heavy atom. The van der Waals surface area contributed by atoms with Crippen LogP contribution < -0.4 is 10.2 Å². The SMILES string of the molecule is COc1ccc(-c2ccc3c(=O)c(C(=O)O)cn4c3c2CCC4C)cc1. The van der Waals surface area contributed by atoms with Gasteiger partial charge in [0.05, 0.1) is 12.6 Å². The van der Waals surface area contributed by atoms with Gasteiger partial charge in [0.15, 0.2) is 0 Å².